The zero-order valence-electron chi connectivity index (χ0n) is 24.4. The van der Waals surface area contributed by atoms with Crippen molar-refractivity contribution in [1.82, 2.24) is 4.90 Å². The van der Waals surface area contributed by atoms with Crippen LogP contribution in [0.5, 0.6) is 0 Å². The van der Waals surface area contributed by atoms with E-state index in [2.05, 4.69) is 58.1 Å². The van der Waals surface area contributed by atoms with Gasteiger partial charge in [0.25, 0.3) is 0 Å². The van der Waals surface area contributed by atoms with Gasteiger partial charge < -0.3 is 15.5 Å². The van der Waals surface area contributed by atoms with Crippen molar-refractivity contribution in [2.75, 3.05) is 44.7 Å². The van der Waals surface area contributed by atoms with Gasteiger partial charge in [-0.3, -0.25) is 4.99 Å². The van der Waals surface area contributed by atoms with Crippen molar-refractivity contribution in [1.29, 1.82) is 5.26 Å². The fraction of sp³-hybridized carbons (Fsp3) is 0.515. The van der Waals surface area contributed by atoms with Crippen LogP contribution in [0, 0.1) is 28.6 Å². The SMILES string of the molecule is CN=CC(=CN)S(=O)(=O)c1ccc(N2CC(C)(CN3CCC(C(C#N)(c4ccccc4)C4CCCC4)CC3)C2)cc1. The van der Waals surface area contributed by atoms with E-state index in [0.29, 0.717) is 11.8 Å². The summed E-state index contributed by atoms with van der Waals surface area (Å²) in [6.07, 6.45) is 9.30. The second-order valence-corrected chi connectivity index (χ2v) is 14.4. The van der Waals surface area contributed by atoms with Gasteiger partial charge in [0, 0.05) is 50.2 Å². The van der Waals surface area contributed by atoms with Gasteiger partial charge >= 0.3 is 0 Å². The molecule has 2 aromatic rings. The minimum absolute atomic E-state index is 0.00734. The van der Waals surface area contributed by atoms with Gasteiger partial charge in [-0.1, -0.05) is 50.1 Å². The number of benzene rings is 2. The van der Waals surface area contributed by atoms with Crippen LogP contribution in [-0.2, 0) is 15.3 Å². The Labute approximate surface area is 245 Å². The van der Waals surface area contributed by atoms with Crippen molar-refractivity contribution >= 4 is 21.7 Å². The van der Waals surface area contributed by atoms with Crippen molar-refractivity contribution < 1.29 is 8.42 Å². The van der Waals surface area contributed by atoms with Crippen molar-refractivity contribution in [3.05, 3.63) is 71.3 Å². The van der Waals surface area contributed by atoms with Crippen LogP contribution in [0.3, 0.4) is 0 Å². The summed E-state index contributed by atoms with van der Waals surface area (Å²) in [6.45, 7) is 7.33. The summed E-state index contributed by atoms with van der Waals surface area (Å²) in [5.41, 5.74) is 7.59. The van der Waals surface area contributed by atoms with Crippen molar-refractivity contribution in [2.45, 2.75) is 55.8 Å². The van der Waals surface area contributed by atoms with E-state index in [0.717, 1.165) is 57.5 Å². The highest BCUT2D eigenvalue weighted by molar-refractivity contribution is 7.96. The van der Waals surface area contributed by atoms with Gasteiger partial charge in [0.2, 0.25) is 9.84 Å². The van der Waals surface area contributed by atoms with Crippen LogP contribution in [0.1, 0.15) is 51.0 Å². The molecule has 1 saturated carbocycles. The number of rotatable bonds is 9. The Morgan fingerprint density at radius 3 is 2.22 bits per heavy atom. The number of nitrogens with zero attached hydrogens (tertiary/aromatic N) is 4. The van der Waals surface area contributed by atoms with E-state index < -0.39 is 9.84 Å². The Bertz CT molecular complexity index is 1390. The molecule has 3 aliphatic rings. The second kappa shape index (κ2) is 12.0. The molecule has 2 N–H and O–H groups in total. The summed E-state index contributed by atoms with van der Waals surface area (Å²) < 4.78 is 25.7. The van der Waals surface area contributed by atoms with Crippen LogP contribution in [-0.4, -0.2) is 59.3 Å². The van der Waals surface area contributed by atoms with Crippen molar-refractivity contribution in [3.8, 4) is 6.07 Å². The lowest BCUT2D eigenvalue weighted by atomic mass is 9.60. The lowest BCUT2D eigenvalue weighted by Gasteiger charge is -2.52. The number of sulfone groups is 1. The van der Waals surface area contributed by atoms with Crippen LogP contribution in [0.2, 0.25) is 0 Å². The summed E-state index contributed by atoms with van der Waals surface area (Å²) in [4.78, 5) is 8.92. The topological polar surface area (TPSA) is 103 Å². The molecule has 2 aliphatic heterocycles. The average Bonchev–Trinajstić information content (AvgIpc) is 3.52. The van der Waals surface area contributed by atoms with Gasteiger partial charge in [-0.05, 0) is 80.4 Å². The number of hydrogen-bond acceptors (Lipinski definition) is 7. The molecule has 1 atom stereocenters. The van der Waals surface area contributed by atoms with E-state index in [-0.39, 0.29) is 20.6 Å². The van der Waals surface area contributed by atoms with Gasteiger partial charge in [-0.25, -0.2) is 8.42 Å². The normalized spacial score (nSPS) is 22.4. The maximum atomic E-state index is 12.8. The molecule has 218 valence electrons. The Kier molecular flexibility index (Phi) is 8.58. The van der Waals surface area contributed by atoms with Gasteiger partial charge in [-0.15, -0.1) is 0 Å². The number of hydrogen-bond donors (Lipinski definition) is 1. The number of anilines is 1. The molecule has 1 aliphatic carbocycles. The molecule has 3 fully saturated rings. The number of allylic oxidation sites excluding steroid dienone is 1. The molecule has 7 nitrogen and oxygen atoms in total. The third kappa shape index (κ3) is 5.67. The van der Waals surface area contributed by atoms with E-state index in [9.17, 15) is 13.7 Å². The fourth-order valence-corrected chi connectivity index (χ4v) is 8.88. The predicted molar refractivity (Wildman–Crippen MR) is 165 cm³/mol. The summed E-state index contributed by atoms with van der Waals surface area (Å²) in [7, 11) is -2.17. The molecule has 0 bridgehead atoms. The standard InChI is InChI=1S/C33H43N5O2S/c1-32(24-38(25-32)29-12-14-30(15-13-29)41(39,40)31(20-34)21-36-2)23-37-18-16-28(17-19-37)33(22-35,27-10-6-7-11-27)26-8-4-3-5-9-26/h3-5,8-9,12-15,20-21,27-28H,6-7,10-11,16-19,23-25,34H2,1-2H3. The smallest absolute Gasteiger partial charge is 0.209 e. The predicted octanol–water partition coefficient (Wildman–Crippen LogP) is 5.15. The second-order valence-electron chi connectivity index (χ2n) is 12.5. The minimum Gasteiger partial charge on any atom is -0.403 e. The molecule has 0 spiro atoms. The molecular weight excluding hydrogens is 530 g/mol. The molecule has 2 heterocycles. The van der Waals surface area contributed by atoms with Crippen LogP contribution >= 0.6 is 0 Å². The molecule has 8 heteroatoms. The quantitative estimate of drug-likeness (QED) is 0.416. The van der Waals surface area contributed by atoms with E-state index in [1.54, 1.807) is 12.1 Å². The molecule has 41 heavy (non-hydrogen) atoms. The van der Waals surface area contributed by atoms with Crippen LogP contribution in [0.25, 0.3) is 0 Å². The molecule has 2 aromatic carbocycles. The first kappa shape index (κ1) is 29.3. The van der Waals surface area contributed by atoms with Crippen molar-refractivity contribution in [2.24, 2.45) is 28.0 Å². The van der Waals surface area contributed by atoms with Crippen molar-refractivity contribution in [3.63, 3.8) is 0 Å². The average molecular weight is 574 g/mol. The van der Waals surface area contributed by atoms with Crippen LogP contribution < -0.4 is 10.6 Å². The first-order chi connectivity index (χ1) is 19.8. The third-order valence-electron chi connectivity index (χ3n) is 9.66. The van der Waals surface area contributed by atoms with E-state index in [1.165, 1.54) is 44.5 Å². The maximum absolute atomic E-state index is 12.8. The first-order valence-corrected chi connectivity index (χ1v) is 16.4. The number of nitriles is 1. The zero-order valence-corrected chi connectivity index (χ0v) is 25.2. The van der Waals surface area contributed by atoms with Crippen LogP contribution in [0.4, 0.5) is 5.69 Å². The lowest BCUT2D eigenvalue weighted by Crippen LogP contribution is -2.60. The molecule has 0 radical (unpaired) electrons. The highest BCUT2D eigenvalue weighted by atomic mass is 32.2. The molecule has 0 aromatic heterocycles. The van der Waals surface area contributed by atoms with E-state index >= 15 is 0 Å². The van der Waals surface area contributed by atoms with Crippen LogP contribution in [0.15, 0.2) is 75.6 Å². The summed E-state index contributed by atoms with van der Waals surface area (Å²) >= 11 is 0. The minimum atomic E-state index is -3.69. The Morgan fingerprint density at radius 1 is 1.05 bits per heavy atom. The Hall–Kier alpha value is -3.15. The summed E-state index contributed by atoms with van der Waals surface area (Å²) in [6, 6.07) is 20.6. The molecular formula is C33H43N5O2S. The fourth-order valence-electron chi connectivity index (χ4n) is 7.69. The Morgan fingerprint density at radius 2 is 1.66 bits per heavy atom. The number of piperidine rings is 1. The molecule has 0 amide bonds. The van der Waals surface area contributed by atoms with Gasteiger partial charge in [0.1, 0.15) is 4.91 Å². The van der Waals surface area contributed by atoms with E-state index in [1.807, 2.05) is 12.1 Å². The first-order valence-electron chi connectivity index (χ1n) is 14.9. The summed E-state index contributed by atoms with van der Waals surface area (Å²) in [5, 5.41) is 10.7. The highest BCUT2D eigenvalue weighted by Gasteiger charge is 2.49. The van der Waals surface area contributed by atoms with Gasteiger partial charge in [-0.2, -0.15) is 5.26 Å². The third-order valence-corrected chi connectivity index (χ3v) is 11.4. The highest BCUT2D eigenvalue weighted by Crippen LogP contribution is 2.50. The Balaban J connectivity index is 1.19. The van der Waals surface area contributed by atoms with Gasteiger partial charge in [0.05, 0.1) is 16.4 Å². The number of aliphatic imine (C=N–C) groups is 1. The largest absolute Gasteiger partial charge is 0.403 e. The maximum Gasteiger partial charge on any atom is 0.209 e. The molecule has 1 unspecified atom stereocenters. The van der Waals surface area contributed by atoms with E-state index in [4.69, 9.17) is 5.73 Å². The summed E-state index contributed by atoms with van der Waals surface area (Å²) in [5.74, 6) is 0.858. The number of likely N-dealkylation sites (tertiary alicyclic amines) is 1. The molecule has 2 saturated heterocycles. The number of nitrogens with two attached hydrogens (primary N) is 1. The van der Waals surface area contributed by atoms with Gasteiger partial charge in [0.15, 0.2) is 0 Å². The molecule has 5 rings (SSSR count). The lowest BCUT2D eigenvalue weighted by molar-refractivity contribution is 0.0734. The zero-order chi connectivity index (χ0) is 29.1. The monoisotopic (exact) mass is 573 g/mol.